The summed E-state index contributed by atoms with van der Waals surface area (Å²) in [5.41, 5.74) is 0.851. The van der Waals surface area contributed by atoms with Crippen molar-refractivity contribution in [3.8, 4) is 0 Å². The van der Waals surface area contributed by atoms with E-state index in [9.17, 15) is 22.8 Å². The number of hydrogen-bond donors (Lipinski definition) is 2. The molecular formula is C20H21F3N2O2. The highest BCUT2D eigenvalue weighted by molar-refractivity contribution is 6.05. The Morgan fingerprint density at radius 2 is 1.59 bits per heavy atom. The monoisotopic (exact) mass is 378 g/mol. The fourth-order valence-corrected chi connectivity index (χ4v) is 2.38. The zero-order chi connectivity index (χ0) is 20.0. The molecule has 27 heavy (non-hydrogen) atoms. The number of benzene rings is 2. The standard InChI is InChI=1S/C20H21F3N2O2/c1-3-4-11-24-18(26)15-6-5-13(2)17(12-15)25-19(27)14-7-9-16(10-8-14)20(21,22)23/h5-10,12H,3-4,11H2,1-2H3,(H,24,26)(H,25,27). The Kier molecular flexibility index (Phi) is 6.60. The molecule has 0 aliphatic rings. The molecule has 2 aromatic rings. The van der Waals surface area contributed by atoms with Gasteiger partial charge in [0.2, 0.25) is 0 Å². The molecule has 2 amide bonds. The number of hydrogen-bond acceptors (Lipinski definition) is 2. The zero-order valence-corrected chi connectivity index (χ0v) is 15.1. The molecule has 0 saturated carbocycles. The minimum absolute atomic E-state index is 0.0974. The lowest BCUT2D eigenvalue weighted by atomic mass is 10.1. The SMILES string of the molecule is CCCCNC(=O)c1ccc(C)c(NC(=O)c2ccc(C(F)(F)F)cc2)c1. The van der Waals surface area contributed by atoms with Crippen molar-refractivity contribution in [1.82, 2.24) is 5.32 Å². The van der Waals surface area contributed by atoms with E-state index in [1.807, 2.05) is 6.92 Å². The van der Waals surface area contributed by atoms with Crippen molar-refractivity contribution in [3.05, 3.63) is 64.7 Å². The van der Waals surface area contributed by atoms with Crippen molar-refractivity contribution in [2.45, 2.75) is 32.9 Å². The molecule has 2 rings (SSSR count). The van der Waals surface area contributed by atoms with E-state index in [2.05, 4.69) is 10.6 Å². The molecule has 0 saturated heterocycles. The molecule has 2 aromatic carbocycles. The Morgan fingerprint density at radius 1 is 0.963 bits per heavy atom. The highest BCUT2D eigenvalue weighted by Crippen LogP contribution is 2.29. The largest absolute Gasteiger partial charge is 0.416 e. The van der Waals surface area contributed by atoms with Gasteiger partial charge in [-0.05, 0) is 55.3 Å². The van der Waals surface area contributed by atoms with Gasteiger partial charge in [-0.3, -0.25) is 9.59 Å². The maximum absolute atomic E-state index is 12.6. The van der Waals surface area contributed by atoms with Gasteiger partial charge in [0.1, 0.15) is 0 Å². The van der Waals surface area contributed by atoms with E-state index >= 15 is 0 Å². The summed E-state index contributed by atoms with van der Waals surface area (Å²) in [5, 5.41) is 5.44. The highest BCUT2D eigenvalue weighted by atomic mass is 19.4. The molecule has 0 atom stereocenters. The van der Waals surface area contributed by atoms with Gasteiger partial charge in [0.15, 0.2) is 0 Å². The lowest BCUT2D eigenvalue weighted by Gasteiger charge is -2.12. The number of amides is 2. The van der Waals surface area contributed by atoms with E-state index in [0.717, 1.165) is 42.7 Å². The number of aryl methyl sites for hydroxylation is 1. The van der Waals surface area contributed by atoms with E-state index in [-0.39, 0.29) is 11.5 Å². The summed E-state index contributed by atoms with van der Waals surface area (Å²) >= 11 is 0. The van der Waals surface area contributed by atoms with Gasteiger partial charge >= 0.3 is 6.18 Å². The Balaban J connectivity index is 2.13. The number of unbranched alkanes of at least 4 members (excludes halogenated alkanes) is 1. The predicted molar refractivity (Wildman–Crippen MR) is 97.8 cm³/mol. The smallest absolute Gasteiger partial charge is 0.352 e. The summed E-state index contributed by atoms with van der Waals surface area (Å²) in [6.45, 7) is 4.35. The molecule has 144 valence electrons. The van der Waals surface area contributed by atoms with Crippen LogP contribution in [0, 0.1) is 6.92 Å². The third kappa shape index (κ3) is 5.57. The van der Waals surface area contributed by atoms with Crippen LogP contribution in [0.3, 0.4) is 0 Å². The summed E-state index contributed by atoms with van der Waals surface area (Å²) < 4.78 is 37.8. The maximum atomic E-state index is 12.6. The van der Waals surface area contributed by atoms with E-state index in [1.54, 1.807) is 25.1 Å². The van der Waals surface area contributed by atoms with Gasteiger partial charge in [-0.15, -0.1) is 0 Å². The summed E-state index contributed by atoms with van der Waals surface area (Å²) in [7, 11) is 0. The van der Waals surface area contributed by atoms with Crippen molar-refractivity contribution >= 4 is 17.5 Å². The molecule has 0 unspecified atom stereocenters. The summed E-state index contributed by atoms with van der Waals surface area (Å²) in [5.74, 6) is -0.788. The van der Waals surface area contributed by atoms with Crippen molar-refractivity contribution in [3.63, 3.8) is 0 Å². The molecule has 0 aliphatic carbocycles. The highest BCUT2D eigenvalue weighted by Gasteiger charge is 2.30. The molecule has 0 spiro atoms. The molecular weight excluding hydrogens is 357 g/mol. The second-order valence-electron chi connectivity index (χ2n) is 6.17. The topological polar surface area (TPSA) is 58.2 Å². The number of carbonyl (C=O) groups excluding carboxylic acids is 2. The van der Waals surface area contributed by atoms with Gasteiger partial charge in [0.05, 0.1) is 5.56 Å². The van der Waals surface area contributed by atoms with Gasteiger partial charge in [-0.2, -0.15) is 13.2 Å². The number of halogens is 3. The first-order valence-corrected chi connectivity index (χ1v) is 8.60. The Bertz CT molecular complexity index is 815. The van der Waals surface area contributed by atoms with Crippen LogP contribution in [0.25, 0.3) is 0 Å². The van der Waals surface area contributed by atoms with E-state index in [1.165, 1.54) is 0 Å². The van der Waals surface area contributed by atoms with Gasteiger partial charge < -0.3 is 10.6 Å². The first-order chi connectivity index (χ1) is 12.7. The number of alkyl halides is 3. The predicted octanol–water partition coefficient (Wildman–Crippen LogP) is 4.80. The van der Waals surface area contributed by atoms with Crippen LogP contribution < -0.4 is 10.6 Å². The second-order valence-corrected chi connectivity index (χ2v) is 6.17. The minimum atomic E-state index is -4.45. The van der Waals surface area contributed by atoms with Crippen LogP contribution in [-0.2, 0) is 6.18 Å². The van der Waals surface area contributed by atoms with Gasteiger partial charge in [0, 0.05) is 23.4 Å². The van der Waals surface area contributed by atoms with Crippen LogP contribution in [0.2, 0.25) is 0 Å². The van der Waals surface area contributed by atoms with Crippen LogP contribution >= 0.6 is 0 Å². The van der Waals surface area contributed by atoms with E-state index < -0.39 is 17.6 Å². The fraction of sp³-hybridized carbons (Fsp3) is 0.300. The fourth-order valence-electron chi connectivity index (χ4n) is 2.38. The lowest BCUT2D eigenvalue weighted by Crippen LogP contribution is -2.24. The molecule has 0 bridgehead atoms. The Morgan fingerprint density at radius 3 is 2.19 bits per heavy atom. The normalized spacial score (nSPS) is 11.1. The van der Waals surface area contributed by atoms with Crippen LogP contribution in [0.15, 0.2) is 42.5 Å². The summed E-state index contributed by atoms with van der Waals surface area (Å²) in [6, 6.07) is 8.88. The average Bonchev–Trinajstić information content (AvgIpc) is 2.63. The third-order valence-corrected chi connectivity index (χ3v) is 4.04. The van der Waals surface area contributed by atoms with Crippen LogP contribution in [-0.4, -0.2) is 18.4 Å². The number of rotatable bonds is 6. The van der Waals surface area contributed by atoms with E-state index in [0.29, 0.717) is 17.8 Å². The molecule has 0 fully saturated rings. The average molecular weight is 378 g/mol. The van der Waals surface area contributed by atoms with Crippen molar-refractivity contribution < 1.29 is 22.8 Å². The molecule has 7 heteroatoms. The number of nitrogens with one attached hydrogen (secondary N) is 2. The molecule has 0 aliphatic heterocycles. The zero-order valence-electron chi connectivity index (χ0n) is 15.1. The Hall–Kier alpha value is -2.83. The summed E-state index contributed by atoms with van der Waals surface area (Å²) in [6.07, 6.45) is -2.62. The molecule has 0 aromatic heterocycles. The molecule has 0 heterocycles. The first-order valence-electron chi connectivity index (χ1n) is 8.60. The quantitative estimate of drug-likeness (QED) is 0.710. The van der Waals surface area contributed by atoms with Crippen LogP contribution in [0.5, 0.6) is 0 Å². The van der Waals surface area contributed by atoms with Crippen molar-refractivity contribution in [1.29, 1.82) is 0 Å². The van der Waals surface area contributed by atoms with Gasteiger partial charge in [-0.25, -0.2) is 0 Å². The maximum Gasteiger partial charge on any atom is 0.416 e. The number of anilines is 1. The third-order valence-electron chi connectivity index (χ3n) is 4.04. The van der Waals surface area contributed by atoms with Gasteiger partial charge in [0.25, 0.3) is 11.8 Å². The lowest BCUT2D eigenvalue weighted by molar-refractivity contribution is -0.137. The van der Waals surface area contributed by atoms with Crippen molar-refractivity contribution in [2.75, 3.05) is 11.9 Å². The number of carbonyl (C=O) groups is 2. The molecule has 2 N–H and O–H groups in total. The van der Waals surface area contributed by atoms with Crippen LogP contribution in [0.1, 0.15) is 51.6 Å². The molecule has 0 radical (unpaired) electrons. The second kappa shape index (κ2) is 8.70. The van der Waals surface area contributed by atoms with Crippen molar-refractivity contribution in [2.24, 2.45) is 0 Å². The Labute approximate surface area is 155 Å². The first kappa shape index (κ1) is 20.5. The van der Waals surface area contributed by atoms with E-state index in [4.69, 9.17) is 0 Å². The molecule has 4 nitrogen and oxygen atoms in total. The van der Waals surface area contributed by atoms with Gasteiger partial charge in [-0.1, -0.05) is 19.4 Å². The summed E-state index contributed by atoms with van der Waals surface area (Å²) in [4.78, 5) is 24.5. The van der Waals surface area contributed by atoms with Crippen LogP contribution in [0.4, 0.5) is 18.9 Å². The minimum Gasteiger partial charge on any atom is -0.352 e.